The topological polar surface area (TPSA) is 65.1 Å². The van der Waals surface area contributed by atoms with Crippen LogP contribution in [0.4, 0.5) is 0 Å². The molecule has 2 bridgehead atoms. The van der Waals surface area contributed by atoms with E-state index in [0.717, 1.165) is 50.1 Å². The molecule has 2 aliphatic heterocycles. The van der Waals surface area contributed by atoms with Gasteiger partial charge in [0.15, 0.2) is 0 Å². The third-order valence-corrected chi connectivity index (χ3v) is 4.49. The van der Waals surface area contributed by atoms with E-state index in [-0.39, 0.29) is 6.04 Å². The van der Waals surface area contributed by atoms with Gasteiger partial charge in [-0.15, -0.1) is 0 Å². The standard InChI is InChI=1S/C16H22N4/c17-6-12-1-3-15(4-2-12)16(18)11-20-9-13-5-14(10-20)8-19-7-13/h1-4,13-14,16,19H,5,7-11,18H2. The number of likely N-dealkylation sites (tertiary alicyclic amines) is 1. The summed E-state index contributed by atoms with van der Waals surface area (Å²) in [5.41, 5.74) is 8.14. The molecule has 1 aromatic carbocycles. The third kappa shape index (κ3) is 3.01. The Morgan fingerprint density at radius 1 is 1.25 bits per heavy atom. The molecular weight excluding hydrogens is 248 g/mol. The monoisotopic (exact) mass is 270 g/mol. The van der Waals surface area contributed by atoms with Gasteiger partial charge in [0.1, 0.15) is 0 Å². The number of hydrogen-bond acceptors (Lipinski definition) is 4. The number of nitrogens with one attached hydrogen (secondary N) is 1. The van der Waals surface area contributed by atoms with Gasteiger partial charge in [0.05, 0.1) is 11.6 Å². The van der Waals surface area contributed by atoms with E-state index in [1.54, 1.807) is 0 Å². The van der Waals surface area contributed by atoms with Crippen molar-refractivity contribution in [3.63, 3.8) is 0 Å². The van der Waals surface area contributed by atoms with Crippen LogP contribution in [0.1, 0.15) is 23.6 Å². The number of nitrogens with zero attached hydrogens (tertiary/aromatic N) is 2. The Bertz CT molecular complexity index is 478. The van der Waals surface area contributed by atoms with Gasteiger partial charge in [0.25, 0.3) is 0 Å². The smallest absolute Gasteiger partial charge is 0.0991 e. The van der Waals surface area contributed by atoms with Gasteiger partial charge in [-0.2, -0.15) is 5.26 Å². The highest BCUT2D eigenvalue weighted by molar-refractivity contribution is 5.32. The molecule has 0 saturated carbocycles. The van der Waals surface area contributed by atoms with Crippen molar-refractivity contribution < 1.29 is 0 Å². The van der Waals surface area contributed by atoms with Gasteiger partial charge in [-0.1, -0.05) is 12.1 Å². The first-order valence-electron chi connectivity index (χ1n) is 7.43. The summed E-state index contributed by atoms with van der Waals surface area (Å²) in [4.78, 5) is 2.52. The molecule has 3 N–H and O–H groups in total. The van der Waals surface area contributed by atoms with E-state index in [1.807, 2.05) is 24.3 Å². The molecule has 2 heterocycles. The summed E-state index contributed by atoms with van der Waals surface area (Å²) in [6.07, 6.45) is 1.37. The highest BCUT2D eigenvalue weighted by atomic mass is 15.2. The van der Waals surface area contributed by atoms with Gasteiger partial charge < -0.3 is 16.0 Å². The van der Waals surface area contributed by atoms with E-state index in [2.05, 4.69) is 16.3 Å². The highest BCUT2D eigenvalue weighted by Crippen LogP contribution is 2.25. The zero-order chi connectivity index (χ0) is 13.9. The van der Waals surface area contributed by atoms with Crippen LogP contribution in [-0.2, 0) is 0 Å². The second kappa shape index (κ2) is 5.92. The van der Waals surface area contributed by atoms with Crippen LogP contribution in [0, 0.1) is 23.2 Å². The number of benzene rings is 1. The molecule has 0 amide bonds. The Kier molecular flexibility index (Phi) is 4.02. The van der Waals surface area contributed by atoms with E-state index >= 15 is 0 Å². The number of nitrogens with two attached hydrogens (primary N) is 1. The summed E-state index contributed by atoms with van der Waals surface area (Å²) in [6.45, 7) is 5.54. The largest absolute Gasteiger partial charge is 0.323 e. The fourth-order valence-electron chi connectivity index (χ4n) is 3.55. The SMILES string of the molecule is N#Cc1ccc(C(N)CN2CC3CNCC(C3)C2)cc1. The van der Waals surface area contributed by atoms with Crippen molar-refractivity contribution in [3.8, 4) is 6.07 Å². The van der Waals surface area contributed by atoms with Gasteiger partial charge in [-0.05, 0) is 49.0 Å². The Hall–Kier alpha value is -1.41. The molecule has 3 atom stereocenters. The molecule has 20 heavy (non-hydrogen) atoms. The Morgan fingerprint density at radius 3 is 2.50 bits per heavy atom. The van der Waals surface area contributed by atoms with Crippen LogP contribution in [-0.4, -0.2) is 37.6 Å². The molecule has 0 aliphatic carbocycles. The first-order valence-corrected chi connectivity index (χ1v) is 7.43. The minimum atomic E-state index is 0.0366. The Labute approximate surface area is 120 Å². The van der Waals surface area contributed by atoms with Crippen LogP contribution in [0.2, 0.25) is 0 Å². The summed E-state index contributed by atoms with van der Waals surface area (Å²) in [5, 5.41) is 12.3. The predicted molar refractivity (Wildman–Crippen MR) is 79.0 cm³/mol. The van der Waals surface area contributed by atoms with Crippen molar-refractivity contribution in [2.45, 2.75) is 12.5 Å². The first-order chi connectivity index (χ1) is 9.74. The predicted octanol–water partition coefficient (Wildman–Crippen LogP) is 1.10. The van der Waals surface area contributed by atoms with Crippen molar-refractivity contribution in [1.82, 2.24) is 10.2 Å². The number of rotatable bonds is 3. The first kappa shape index (κ1) is 13.6. The number of hydrogen-bond donors (Lipinski definition) is 2. The lowest BCUT2D eigenvalue weighted by atomic mass is 9.85. The van der Waals surface area contributed by atoms with Gasteiger partial charge in [-0.3, -0.25) is 0 Å². The van der Waals surface area contributed by atoms with Gasteiger partial charge in [-0.25, -0.2) is 0 Å². The Balaban J connectivity index is 1.60. The summed E-state index contributed by atoms with van der Waals surface area (Å²) >= 11 is 0. The molecule has 0 radical (unpaired) electrons. The average molecular weight is 270 g/mol. The maximum absolute atomic E-state index is 8.82. The zero-order valence-electron chi connectivity index (χ0n) is 11.8. The summed E-state index contributed by atoms with van der Waals surface area (Å²) in [5.74, 6) is 1.58. The van der Waals surface area contributed by atoms with E-state index in [0.29, 0.717) is 5.56 Å². The second-order valence-electron chi connectivity index (χ2n) is 6.18. The molecule has 1 aromatic rings. The molecule has 4 heteroatoms. The minimum absolute atomic E-state index is 0.0366. The van der Waals surface area contributed by atoms with Gasteiger partial charge in [0, 0.05) is 25.7 Å². The molecule has 3 unspecified atom stereocenters. The lowest BCUT2D eigenvalue weighted by molar-refractivity contribution is 0.0924. The van der Waals surface area contributed by atoms with E-state index < -0.39 is 0 Å². The third-order valence-electron chi connectivity index (χ3n) is 4.49. The molecule has 0 spiro atoms. The van der Waals surface area contributed by atoms with Crippen LogP contribution in [0.5, 0.6) is 0 Å². The number of nitriles is 1. The van der Waals surface area contributed by atoms with Crippen LogP contribution in [0.3, 0.4) is 0 Å². The lowest BCUT2D eigenvalue weighted by Gasteiger charge is -2.42. The van der Waals surface area contributed by atoms with Gasteiger partial charge >= 0.3 is 0 Å². The lowest BCUT2D eigenvalue weighted by Crippen LogP contribution is -2.52. The molecule has 106 valence electrons. The fourth-order valence-corrected chi connectivity index (χ4v) is 3.55. The Morgan fingerprint density at radius 2 is 1.90 bits per heavy atom. The van der Waals surface area contributed by atoms with Crippen LogP contribution < -0.4 is 11.1 Å². The average Bonchev–Trinajstić information content (AvgIpc) is 2.47. The molecule has 0 aromatic heterocycles. The molecule has 2 fully saturated rings. The normalized spacial score (nSPS) is 27.8. The summed E-state index contributed by atoms with van der Waals surface area (Å²) < 4.78 is 0. The van der Waals surface area contributed by atoms with Gasteiger partial charge in [0.2, 0.25) is 0 Å². The fraction of sp³-hybridized carbons (Fsp3) is 0.562. The van der Waals surface area contributed by atoms with E-state index in [1.165, 1.54) is 6.42 Å². The van der Waals surface area contributed by atoms with E-state index in [9.17, 15) is 0 Å². The van der Waals surface area contributed by atoms with Crippen molar-refractivity contribution in [2.75, 3.05) is 32.7 Å². The zero-order valence-corrected chi connectivity index (χ0v) is 11.8. The number of fused-ring (bicyclic) bond motifs is 2. The quantitative estimate of drug-likeness (QED) is 0.863. The maximum atomic E-state index is 8.82. The highest BCUT2D eigenvalue weighted by Gasteiger charge is 2.30. The molecule has 2 saturated heterocycles. The molecular formula is C16H22N4. The van der Waals surface area contributed by atoms with Crippen LogP contribution in [0.15, 0.2) is 24.3 Å². The van der Waals surface area contributed by atoms with Crippen LogP contribution >= 0.6 is 0 Å². The maximum Gasteiger partial charge on any atom is 0.0991 e. The van der Waals surface area contributed by atoms with Crippen molar-refractivity contribution in [3.05, 3.63) is 35.4 Å². The van der Waals surface area contributed by atoms with Crippen LogP contribution in [0.25, 0.3) is 0 Å². The van der Waals surface area contributed by atoms with Crippen molar-refractivity contribution in [1.29, 1.82) is 5.26 Å². The summed E-state index contributed by atoms with van der Waals surface area (Å²) in [6, 6.07) is 9.85. The molecule has 2 aliphatic rings. The van der Waals surface area contributed by atoms with Crippen molar-refractivity contribution in [2.24, 2.45) is 17.6 Å². The number of piperidine rings is 2. The molecule has 4 nitrogen and oxygen atoms in total. The summed E-state index contributed by atoms with van der Waals surface area (Å²) in [7, 11) is 0. The second-order valence-corrected chi connectivity index (χ2v) is 6.18. The van der Waals surface area contributed by atoms with E-state index in [4.69, 9.17) is 11.0 Å². The minimum Gasteiger partial charge on any atom is -0.323 e. The molecule has 3 rings (SSSR count). The van der Waals surface area contributed by atoms with Crippen molar-refractivity contribution >= 4 is 0 Å².